The van der Waals surface area contributed by atoms with Crippen LogP contribution in [0.4, 0.5) is 0 Å². The zero-order valence-electron chi connectivity index (χ0n) is 14.3. The van der Waals surface area contributed by atoms with Gasteiger partial charge < -0.3 is 10.0 Å². The lowest BCUT2D eigenvalue weighted by atomic mass is 9.73. The van der Waals surface area contributed by atoms with Crippen LogP contribution >= 0.6 is 0 Å². The number of aliphatic carboxylic acids is 1. The number of amides is 1. The molecular weight excluding hydrogens is 318 g/mol. The number of hydrogen-bond donors (Lipinski definition) is 2. The summed E-state index contributed by atoms with van der Waals surface area (Å²) in [4.78, 5) is 25.0. The summed E-state index contributed by atoms with van der Waals surface area (Å²) in [7, 11) is 1.75. The molecule has 6 nitrogen and oxygen atoms in total. The number of aryl methyl sites for hydroxylation is 1. The van der Waals surface area contributed by atoms with Crippen LogP contribution in [0.5, 0.6) is 0 Å². The second kappa shape index (κ2) is 7.51. The molecule has 2 atom stereocenters. The minimum absolute atomic E-state index is 0.0479. The molecule has 1 aromatic heterocycles. The van der Waals surface area contributed by atoms with Crippen LogP contribution in [0.15, 0.2) is 36.4 Å². The number of benzene rings is 1. The van der Waals surface area contributed by atoms with Crippen molar-refractivity contribution < 1.29 is 14.7 Å². The molecule has 1 saturated carbocycles. The summed E-state index contributed by atoms with van der Waals surface area (Å²) < 4.78 is 0. The molecule has 0 radical (unpaired) electrons. The van der Waals surface area contributed by atoms with Gasteiger partial charge in [-0.3, -0.25) is 14.7 Å². The van der Waals surface area contributed by atoms with E-state index in [1.165, 1.54) is 0 Å². The Hall–Kier alpha value is -2.63. The van der Waals surface area contributed by atoms with E-state index in [1.54, 1.807) is 11.9 Å². The van der Waals surface area contributed by atoms with Crippen LogP contribution in [0.1, 0.15) is 25.0 Å². The number of carbonyl (C=O) groups excluding carboxylic acids is 1. The molecular formula is C19H23N3O3. The summed E-state index contributed by atoms with van der Waals surface area (Å²) >= 11 is 0. The maximum absolute atomic E-state index is 12.3. The average molecular weight is 341 g/mol. The van der Waals surface area contributed by atoms with E-state index in [-0.39, 0.29) is 11.8 Å². The van der Waals surface area contributed by atoms with Crippen molar-refractivity contribution in [2.24, 2.45) is 11.8 Å². The lowest BCUT2D eigenvalue weighted by Gasteiger charge is -2.35. The third kappa shape index (κ3) is 3.90. The first kappa shape index (κ1) is 17.2. The lowest BCUT2D eigenvalue weighted by Crippen LogP contribution is -2.45. The van der Waals surface area contributed by atoms with Crippen molar-refractivity contribution in [3.05, 3.63) is 42.1 Å². The van der Waals surface area contributed by atoms with Crippen LogP contribution < -0.4 is 0 Å². The highest BCUT2D eigenvalue weighted by Crippen LogP contribution is 2.35. The molecule has 0 spiro atoms. The summed E-state index contributed by atoms with van der Waals surface area (Å²) in [5.74, 6) is -1.76. The van der Waals surface area contributed by atoms with Crippen LogP contribution in [0.2, 0.25) is 0 Å². The maximum atomic E-state index is 12.3. The van der Waals surface area contributed by atoms with E-state index in [0.717, 1.165) is 29.8 Å². The topological polar surface area (TPSA) is 86.3 Å². The first-order valence-corrected chi connectivity index (χ1v) is 8.63. The van der Waals surface area contributed by atoms with Crippen LogP contribution in [0, 0.1) is 11.8 Å². The smallest absolute Gasteiger partial charge is 0.307 e. The standard InChI is InChI=1S/C19H23N3O3/c1-22(18(23)15-9-10-16(15)19(24)25)11-5-8-14-12-17(21-20-14)13-6-3-2-4-7-13/h2-4,6-7,12,15-16H,5,8-11H2,1H3,(H,20,21)(H,24,25). The Kier molecular flexibility index (Phi) is 5.16. The Labute approximate surface area is 146 Å². The molecule has 0 bridgehead atoms. The number of rotatable bonds is 7. The second-order valence-electron chi connectivity index (χ2n) is 6.64. The minimum Gasteiger partial charge on any atom is -0.481 e. The van der Waals surface area contributed by atoms with E-state index in [0.29, 0.717) is 19.4 Å². The molecule has 132 valence electrons. The van der Waals surface area contributed by atoms with Crippen LogP contribution in [-0.2, 0) is 16.0 Å². The van der Waals surface area contributed by atoms with Gasteiger partial charge in [0.2, 0.25) is 5.91 Å². The summed E-state index contributed by atoms with van der Waals surface area (Å²) in [5.41, 5.74) is 3.02. The van der Waals surface area contributed by atoms with Gasteiger partial charge >= 0.3 is 5.97 Å². The SMILES string of the molecule is CN(CCCc1cc(-c2ccccc2)n[nH]1)C(=O)C1CCC1C(=O)O. The fourth-order valence-electron chi connectivity index (χ4n) is 3.24. The Morgan fingerprint density at radius 1 is 1.24 bits per heavy atom. The highest BCUT2D eigenvalue weighted by molar-refractivity contribution is 5.86. The number of carboxylic acid groups (broad SMARTS) is 1. The second-order valence-corrected chi connectivity index (χ2v) is 6.64. The summed E-state index contributed by atoms with van der Waals surface area (Å²) in [5, 5.41) is 16.4. The molecule has 2 unspecified atom stereocenters. The van der Waals surface area contributed by atoms with Gasteiger partial charge in [0.25, 0.3) is 0 Å². The monoisotopic (exact) mass is 341 g/mol. The van der Waals surface area contributed by atoms with Gasteiger partial charge in [0.05, 0.1) is 17.5 Å². The number of aromatic amines is 1. The highest BCUT2D eigenvalue weighted by atomic mass is 16.4. The van der Waals surface area contributed by atoms with Gasteiger partial charge in [0.1, 0.15) is 0 Å². The fourth-order valence-corrected chi connectivity index (χ4v) is 3.24. The Bertz CT molecular complexity index is 741. The van der Waals surface area contributed by atoms with Gasteiger partial charge in [-0.2, -0.15) is 5.10 Å². The number of hydrogen-bond acceptors (Lipinski definition) is 3. The molecule has 1 fully saturated rings. The van der Waals surface area contributed by atoms with Crippen molar-refractivity contribution in [1.29, 1.82) is 0 Å². The van der Waals surface area contributed by atoms with Crippen molar-refractivity contribution in [3.8, 4) is 11.3 Å². The predicted octanol–water partition coefficient (Wildman–Crippen LogP) is 2.58. The van der Waals surface area contributed by atoms with Crippen molar-refractivity contribution in [3.63, 3.8) is 0 Å². The number of nitrogens with zero attached hydrogens (tertiary/aromatic N) is 2. The van der Waals surface area contributed by atoms with E-state index in [9.17, 15) is 9.59 Å². The maximum Gasteiger partial charge on any atom is 0.307 e. The number of aromatic nitrogens is 2. The molecule has 1 heterocycles. The Balaban J connectivity index is 1.47. The van der Waals surface area contributed by atoms with Gasteiger partial charge in [-0.15, -0.1) is 0 Å². The Morgan fingerprint density at radius 2 is 1.96 bits per heavy atom. The first-order chi connectivity index (χ1) is 12.1. The molecule has 1 aromatic carbocycles. The molecule has 1 aliphatic rings. The van der Waals surface area contributed by atoms with Crippen molar-refractivity contribution in [2.45, 2.75) is 25.7 Å². The van der Waals surface area contributed by atoms with Crippen LogP contribution in [0.25, 0.3) is 11.3 Å². The number of nitrogens with one attached hydrogen (secondary N) is 1. The summed E-state index contributed by atoms with van der Waals surface area (Å²) in [6, 6.07) is 12.0. The fraction of sp³-hybridized carbons (Fsp3) is 0.421. The van der Waals surface area contributed by atoms with Gasteiger partial charge in [-0.1, -0.05) is 30.3 Å². The predicted molar refractivity (Wildman–Crippen MR) is 93.8 cm³/mol. The zero-order valence-corrected chi connectivity index (χ0v) is 14.3. The molecule has 1 aliphatic carbocycles. The molecule has 2 aromatic rings. The van der Waals surface area contributed by atoms with Gasteiger partial charge in [0.15, 0.2) is 0 Å². The quantitative estimate of drug-likeness (QED) is 0.810. The first-order valence-electron chi connectivity index (χ1n) is 8.63. The highest BCUT2D eigenvalue weighted by Gasteiger charge is 2.42. The lowest BCUT2D eigenvalue weighted by molar-refractivity contribution is -0.156. The molecule has 3 rings (SSSR count). The molecule has 0 saturated heterocycles. The van der Waals surface area contributed by atoms with Crippen molar-refractivity contribution in [1.82, 2.24) is 15.1 Å². The molecule has 6 heteroatoms. The Morgan fingerprint density at radius 3 is 2.60 bits per heavy atom. The number of H-pyrrole nitrogens is 1. The zero-order chi connectivity index (χ0) is 17.8. The van der Waals surface area contributed by atoms with Gasteiger partial charge in [-0.25, -0.2) is 0 Å². The van der Waals surface area contributed by atoms with E-state index in [4.69, 9.17) is 5.11 Å². The minimum atomic E-state index is -0.857. The van der Waals surface area contributed by atoms with Crippen molar-refractivity contribution in [2.75, 3.05) is 13.6 Å². The van der Waals surface area contributed by atoms with Crippen molar-refractivity contribution >= 4 is 11.9 Å². The molecule has 0 aliphatic heterocycles. The third-order valence-corrected chi connectivity index (χ3v) is 4.93. The largest absolute Gasteiger partial charge is 0.481 e. The third-order valence-electron chi connectivity index (χ3n) is 4.93. The van der Waals surface area contributed by atoms with E-state index in [1.807, 2.05) is 36.4 Å². The number of carbonyl (C=O) groups is 2. The van der Waals surface area contributed by atoms with E-state index < -0.39 is 11.9 Å². The van der Waals surface area contributed by atoms with Gasteiger partial charge in [-0.05, 0) is 31.7 Å². The van der Waals surface area contributed by atoms with E-state index in [2.05, 4.69) is 10.2 Å². The summed E-state index contributed by atoms with van der Waals surface area (Å²) in [6.45, 7) is 0.612. The normalized spacial score (nSPS) is 19.2. The van der Waals surface area contributed by atoms with Crippen LogP contribution in [0.3, 0.4) is 0 Å². The number of carboxylic acids is 1. The van der Waals surface area contributed by atoms with Crippen LogP contribution in [-0.4, -0.2) is 45.7 Å². The van der Waals surface area contributed by atoms with E-state index >= 15 is 0 Å². The average Bonchev–Trinajstić information content (AvgIpc) is 3.03. The summed E-state index contributed by atoms with van der Waals surface area (Å²) in [6.07, 6.45) is 2.89. The molecule has 25 heavy (non-hydrogen) atoms. The van der Waals surface area contributed by atoms with Gasteiger partial charge in [0, 0.05) is 24.8 Å². The molecule has 2 N–H and O–H groups in total. The molecule has 1 amide bonds.